The summed E-state index contributed by atoms with van der Waals surface area (Å²) in [5, 5.41) is 0. The van der Waals surface area contributed by atoms with Crippen molar-refractivity contribution in [1.29, 1.82) is 0 Å². The SMILES string of the molecule is CCOC(=O)c1ccc(C2CCCN(C)C2)cc1. The fourth-order valence-corrected chi connectivity index (χ4v) is 2.54. The van der Waals surface area contributed by atoms with Gasteiger partial charge in [-0.15, -0.1) is 0 Å². The van der Waals surface area contributed by atoms with Gasteiger partial charge in [0.15, 0.2) is 0 Å². The smallest absolute Gasteiger partial charge is 0.338 e. The van der Waals surface area contributed by atoms with Crippen LogP contribution in [0.2, 0.25) is 0 Å². The van der Waals surface area contributed by atoms with Gasteiger partial charge in [0.05, 0.1) is 12.2 Å². The molecule has 1 aliphatic rings. The van der Waals surface area contributed by atoms with Gasteiger partial charge in [0, 0.05) is 6.54 Å². The van der Waals surface area contributed by atoms with E-state index in [0.29, 0.717) is 18.1 Å². The summed E-state index contributed by atoms with van der Waals surface area (Å²) in [5.74, 6) is 0.366. The molecule has 0 amide bonds. The number of hydrogen-bond donors (Lipinski definition) is 0. The van der Waals surface area contributed by atoms with Gasteiger partial charge in [0.1, 0.15) is 0 Å². The lowest BCUT2D eigenvalue weighted by Crippen LogP contribution is -2.30. The minimum Gasteiger partial charge on any atom is -0.462 e. The predicted octanol–water partition coefficient (Wildman–Crippen LogP) is 2.67. The van der Waals surface area contributed by atoms with Crippen LogP contribution in [-0.4, -0.2) is 37.6 Å². The van der Waals surface area contributed by atoms with Crippen LogP contribution in [0.4, 0.5) is 0 Å². The van der Waals surface area contributed by atoms with Crippen LogP contribution in [0.1, 0.15) is 41.6 Å². The topological polar surface area (TPSA) is 29.5 Å². The summed E-state index contributed by atoms with van der Waals surface area (Å²) in [7, 11) is 2.17. The van der Waals surface area contributed by atoms with Crippen LogP contribution < -0.4 is 0 Å². The summed E-state index contributed by atoms with van der Waals surface area (Å²) in [6.07, 6.45) is 2.49. The Morgan fingerprint density at radius 1 is 1.39 bits per heavy atom. The van der Waals surface area contributed by atoms with Crippen LogP contribution in [-0.2, 0) is 4.74 Å². The van der Waals surface area contributed by atoms with Crippen LogP contribution in [0.25, 0.3) is 0 Å². The molecule has 1 atom stereocenters. The van der Waals surface area contributed by atoms with E-state index in [2.05, 4.69) is 24.1 Å². The summed E-state index contributed by atoms with van der Waals surface area (Å²) in [6, 6.07) is 7.88. The van der Waals surface area contributed by atoms with E-state index in [0.717, 1.165) is 6.54 Å². The van der Waals surface area contributed by atoms with E-state index in [1.807, 2.05) is 19.1 Å². The number of esters is 1. The van der Waals surface area contributed by atoms with Gasteiger partial charge in [0.25, 0.3) is 0 Å². The maximum atomic E-state index is 11.6. The lowest BCUT2D eigenvalue weighted by molar-refractivity contribution is 0.0526. The fraction of sp³-hybridized carbons (Fsp3) is 0.533. The second-order valence-corrected chi connectivity index (χ2v) is 4.94. The van der Waals surface area contributed by atoms with Crippen LogP contribution in [0.5, 0.6) is 0 Å². The molecule has 0 saturated carbocycles. The first kappa shape index (κ1) is 13.1. The number of piperidine rings is 1. The Bertz CT molecular complexity index is 399. The maximum absolute atomic E-state index is 11.6. The summed E-state index contributed by atoms with van der Waals surface area (Å²) in [5.41, 5.74) is 1.97. The molecule has 1 aromatic carbocycles. The number of carbonyl (C=O) groups excluding carboxylic acids is 1. The van der Waals surface area contributed by atoms with Crippen molar-refractivity contribution in [2.75, 3.05) is 26.7 Å². The second kappa shape index (κ2) is 6.01. The number of hydrogen-bond acceptors (Lipinski definition) is 3. The van der Waals surface area contributed by atoms with E-state index in [9.17, 15) is 4.79 Å². The molecule has 1 aromatic rings. The average molecular weight is 247 g/mol. The predicted molar refractivity (Wildman–Crippen MR) is 71.9 cm³/mol. The molecular weight excluding hydrogens is 226 g/mol. The number of carbonyl (C=O) groups is 1. The van der Waals surface area contributed by atoms with Gasteiger partial charge < -0.3 is 9.64 Å². The van der Waals surface area contributed by atoms with Crippen LogP contribution in [0.3, 0.4) is 0 Å². The molecule has 0 spiro atoms. The van der Waals surface area contributed by atoms with Crippen LogP contribution in [0, 0.1) is 0 Å². The van der Waals surface area contributed by atoms with Crippen molar-refractivity contribution >= 4 is 5.97 Å². The Labute approximate surface area is 109 Å². The third-order valence-corrected chi connectivity index (χ3v) is 3.52. The Morgan fingerprint density at radius 3 is 2.72 bits per heavy atom. The molecule has 0 bridgehead atoms. The first-order valence-corrected chi connectivity index (χ1v) is 6.66. The molecule has 0 radical (unpaired) electrons. The van der Waals surface area contributed by atoms with Crippen molar-refractivity contribution in [2.45, 2.75) is 25.7 Å². The third-order valence-electron chi connectivity index (χ3n) is 3.52. The third kappa shape index (κ3) is 3.10. The van der Waals surface area contributed by atoms with Gasteiger partial charge in [-0.1, -0.05) is 12.1 Å². The van der Waals surface area contributed by atoms with Gasteiger partial charge in [-0.25, -0.2) is 4.79 Å². The number of benzene rings is 1. The quantitative estimate of drug-likeness (QED) is 0.769. The Kier molecular flexibility index (Phi) is 4.37. The highest BCUT2D eigenvalue weighted by Gasteiger charge is 2.19. The minimum absolute atomic E-state index is 0.232. The zero-order valence-corrected chi connectivity index (χ0v) is 11.2. The van der Waals surface area contributed by atoms with Crippen LogP contribution >= 0.6 is 0 Å². The number of likely N-dealkylation sites (tertiary alicyclic amines) is 1. The largest absolute Gasteiger partial charge is 0.462 e. The Hall–Kier alpha value is -1.35. The van der Waals surface area contributed by atoms with E-state index in [1.165, 1.54) is 24.9 Å². The van der Waals surface area contributed by atoms with E-state index >= 15 is 0 Å². The monoisotopic (exact) mass is 247 g/mol. The molecule has 3 nitrogen and oxygen atoms in total. The number of nitrogens with zero attached hydrogens (tertiary/aromatic N) is 1. The van der Waals surface area contributed by atoms with E-state index < -0.39 is 0 Å². The Balaban J connectivity index is 2.05. The van der Waals surface area contributed by atoms with Gasteiger partial charge in [-0.05, 0) is 57.0 Å². The lowest BCUT2D eigenvalue weighted by atomic mass is 9.90. The van der Waals surface area contributed by atoms with Crippen LogP contribution in [0.15, 0.2) is 24.3 Å². The van der Waals surface area contributed by atoms with Crippen molar-refractivity contribution in [2.24, 2.45) is 0 Å². The highest BCUT2D eigenvalue weighted by atomic mass is 16.5. The average Bonchev–Trinajstić information content (AvgIpc) is 2.39. The van der Waals surface area contributed by atoms with Gasteiger partial charge in [-0.2, -0.15) is 0 Å². The van der Waals surface area contributed by atoms with Crippen molar-refractivity contribution in [3.63, 3.8) is 0 Å². The standard InChI is InChI=1S/C15H21NO2/c1-3-18-15(17)13-8-6-12(7-9-13)14-5-4-10-16(2)11-14/h6-9,14H,3-5,10-11H2,1-2H3. The second-order valence-electron chi connectivity index (χ2n) is 4.94. The van der Waals surface area contributed by atoms with Crippen molar-refractivity contribution in [3.05, 3.63) is 35.4 Å². The number of rotatable bonds is 3. The Morgan fingerprint density at radius 2 is 2.11 bits per heavy atom. The summed E-state index contributed by atoms with van der Waals surface area (Å²) >= 11 is 0. The molecule has 2 rings (SSSR count). The first-order chi connectivity index (χ1) is 8.70. The first-order valence-electron chi connectivity index (χ1n) is 6.66. The molecule has 3 heteroatoms. The molecule has 1 heterocycles. The molecule has 0 N–H and O–H groups in total. The molecule has 1 saturated heterocycles. The van der Waals surface area contributed by atoms with Crippen molar-refractivity contribution < 1.29 is 9.53 Å². The van der Waals surface area contributed by atoms with Gasteiger partial charge in [0.2, 0.25) is 0 Å². The summed E-state index contributed by atoms with van der Waals surface area (Å²) < 4.78 is 4.98. The molecular formula is C15H21NO2. The van der Waals surface area contributed by atoms with Gasteiger partial charge in [-0.3, -0.25) is 0 Å². The molecule has 98 valence electrons. The number of likely N-dealkylation sites (N-methyl/N-ethyl adjacent to an activating group) is 1. The van der Waals surface area contributed by atoms with Gasteiger partial charge >= 0.3 is 5.97 Å². The molecule has 1 aliphatic heterocycles. The molecule has 1 fully saturated rings. The zero-order chi connectivity index (χ0) is 13.0. The fourth-order valence-electron chi connectivity index (χ4n) is 2.54. The lowest BCUT2D eigenvalue weighted by Gasteiger charge is -2.30. The highest BCUT2D eigenvalue weighted by molar-refractivity contribution is 5.89. The summed E-state index contributed by atoms with van der Waals surface area (Å²) in [6.45, 7) is 4.55. The summed E-state index contributed by atoms with van der Waals surface area (Å²) in [4.78, 5) is 13.9. The minimum atomic E-state index is -0.232. The normalized spacial score (nSPS) is 20.7. The highest BCUT2D eigenvalue weighted by Crippen LogP contribution is 2.26. The maximum Gasteiger partial charge on any atom is 0.338 e. The van der Waals surface area contributed by atoms with Crippen molar-refractivity contribution in [3.8, 4) is 0 Å². The molecule has 18 heavy (non-hydrogen) atoms. The molecule has 1 unspecified atom stereocenters. The number of ether oxygens (including phenoxy) is 1. The van der Waals surface area contributed by atoms with E-state index in [-0.39, 0.29) is 5.97 Å². The molecule has 0 aromatic heterocycles. The van der Waals surface area contributed by atoms with E-state index in [4.69, 9.17) is 4.74 Å². The van der Waals surface area contributed by atoms with E-state index in [1.54, 1.807) is 0 Å². The van der Waals surface area contributed by atoms with Crippen molar-refractivity contribution in [1.82, 2.24) is 4.90 Å². The zero-order valence-electron chi connectivity index (χ0n) is 11.2. The molecule has 0 aliphatic carbocycles.